The first-order valence-electron chi connectivity index (χ1n) is 15.6. The lowest BCUT2D eigenvalue weighted by molar-refractivity contribution is 0.444. The number of oxazole rings is 1. The Hall–Kier alpha value is -3.70. The smallest absolute Gasteiger partial charge is 0.231 e. The molecule has 5 rings (SSSR count). The molecular weight excluding hydrogens is 557 g/mol. The quantitative estimate of drug-likeness (QED) is 0.207. The average Bonchev–Trinajstić information content (AvgIpc) is 3.35. The molecule has 230 valence electrons. The van der Waals surface area contributed by atoms with Crippen LogP contribution in [0.2, 0.25) is 19.6 Å². The number of phenols is 1. The van der Waals surface area contributed by atoms with Crippen LogP contribution in [0.4, 0.5) is 0 Å². The third kappa shape index (κ3) is 6.25. The second kappa shape index (κ2) is 10.7. The van der Waals surface area contributed by atoms with Crippen molar-refractivity contribution in [3.05, 3.63) is 83.6 Å². The number of phenolic OH excluding ortho intramolecular Hbond substituents is 1. The number of hydrogen-bond donors (Lipinski definition) is 1. The van der Waals surface area contributed by atoms with Gasteiger partial charge in [0.15, 0.2) is 5.58 Å². The van der Waals surface area contributed by atoms with Gasteiger partial charge in [-0.25, -0.2) is 4.98 Å². The Balaban J connectivity index is 1.70. The van der Waals surface area contributed by atoms with E-state index in [0.29, 0.717) is 17.0 Å². The van der Waals surface area contributed by atoms with Crippen LogP contribution in [0.1, 0.15) is 79.0 Å². The minimum atomic E-state index is -1.45. The minimum Gasteiger partial charge on any atom is -0.507 e. The molecule has 3 aromatic carbocycles. The molecule has 44 heavy (non-hydrogen) atoms. The van der Waals surface area contributed by atoms with E-state index < -0.39 is 8.07 Å². The van der Waals surface area contributed by atoms with Crippen molar-refractivity contribution in [3.63, 3.8) is 0 Å². The molecule has 0 atom stereocenters. The summed E-state index contributed by atoms with van der Waals surface area (Å²) in [5.74, 6) is 0.654. The lowest BCUT2D eigenvalue weighted by atomic mass is 9.79. The van der Waals surface area contributed by atoms with E-state index in [9.17, 15) is 5.11 Å². The molecule has 0 aliphatic rings. The molecular formula is C39H48N2O2Si. The number of pyridine rings is 1. The fourth-order valence-electron chi connectivity index (χ4n) is 5.47. The summed E-state index contributed by atoms with van der Waals surface area (Å²) >= 11 is 0. The van der Waals surface area contributed by atoms with E-state index in [1.165, 1.54) is 10.8 Å². The number of aromatic nitrogens is 2. The summed E-state index contributed by atoms with van der Waals surface area (Å²) < 4.78 is 6.41. The molecule has 0 aliphatic heterocycles. The first-order chi connectivity index (χ1) is 20.2. The molecule has 0 aliphatic carbocycles. The van der Waals surface area contributed by atoms with Crippen LogP contribution in [0, 0.1) is 0 Å². The summed E-state index contributed by atoms with van der Waals surface area (Å²) in [4.78, 5) is 9.98. The van der Waals surface area contributed by atoms with E-state index in [1.54, 1.807) is 0 Å². The number of para-hydroxylation sites is 1. The first kappa shape index (κ1) is 31.7. The SMILES string of the molecule is CC(C)(C)c1cc(-c2ccc([Si](C)(C)C)cn2)cc(-c2cccc3oc(-c4cc(C(C)(C)C)cc(C(C)(C)C)c4O)nc23)c1. The zero-order chi connectivity index (χ0) is 32.4. The molecule has 0 fully saturated rings. The molecule has 0 bridgehead atoms. The van der Waals surface area contributed by atoms with Crippen molar-refractivity contribution >= 4 is 24.4 Å². The van der Waals surface area contributed by atoms with E-state index in [0.717, 1.165) is 39.0 Å². The number of nitrogens with zero attached hydrogens (tertiary/aromatic N) is 2. The minimum absolute atomic E-state index is 0.0611. The van der Waals surface area contributed by atoms with Crippen molar-refractivity contribution in [2.45, 2.75) is 98.2 Å². The molecule has 5 heteroatoms. The fourth-order valence-corrected chi connectivity index (χ4v) is 6.51. The maximum Gasteiger partial charge on any atom is 0.231 e. The van der Waals surface area contributed by atoms with Gasteiger partial charge in [0.25, 0.3) is 0 Å². The van der Waals surface area contributed by atoms with Crippen LogP contribution < -0.4 is 5.19 Å². The summed E-state index contributed by atoms with van der Waals surface area (Å²) in [5.41, 5.74) is 9.03. The Labute approximate surface area is 264 Å². The Morgan fingerprint density at radius 3 is 1.89 bits per heavy atom. The van der Waals surface area contributed by atoms with Gasteiger partial charge in [0, 0.05) is 22.9 Å². The van der Waals surface area contributed by atoms with Crippen molar-refractivity contribution in [2.24, 2.45) is 0 Å². The van der Waals surface area contributed by atoms with Crippen LogP contribution >= 0.6 is 0 Å². The zero-order valence-electron chi connectivity index (χ0n) is 28.6. The predicted molar refractivity (Wildman–Crippen MR) is 189 cm³/mol. The molecule has 2 heterocycles. The lowest BCUT2D eigenvalue weighted by Crippen LogP contribution is -2.37. The van der Waals surface area contributed by atoms with Crippen LogP contribution in [0.3, 0.4) is 0 Å². The third-order valence-electron chi connectivity index (χ3n) is 8.47. The highest BCUT2D eigenvalue weighted by Gasteiger charge is 2.28. The van der Waals surface area contributed by atoms with Crippen LogP contribution in [0.5, 0.6) is 5.75 Å². The molecule has 1 N–H and O–H groups in total. The number of aromatic hydroxyl groups is 1. The topological polar surface area (TPSA) is 59.2 Å². The summed E-state index contributed by atoms with van der Waals surface area (Å²) in [6.45, 7) is 26.7. The normalized spacial score (nSPS) is 13.1. The highest BCUT2D eigenvalue weighted by Crippen LogP contribution is 2.43. The Morgan fingerprint density at radius 2 is 1.32 bits per heavy atom. The second-order valence-electron chi connectivity index (χ2n) is 16.3. The van der Waals surface area contributed by atoms with Crippen molar-refractivity contribution in [2.75, 3.05) is 0 Å². The maximum atomic E-state index is 11.5. The van der Waals surface area contributed by atoms with Gasteiger partial charge in [-0.1, -0.05) is 112 Å². The van der Waals surface area contributed by atoms with Crippen LogP contribution in [0.15, 0.2) is 71.3 Å². The van der Waals surface area contributed by atoms with E-state index in [4.69, 9.17) is 14.4 Å². The van der Waals surface area contributed by atoms with Crippen LogP contribution in [-0.4, -0.2) is 23.1 Å². The van der Waals surface area contributed by atoms with E-state index in [1.807, 2.05) is 18.2 Å². The zero-order valence-corrected chi connectivity index (χ0v) is 29.6. The van der Waals surface area contributed by atoms with E-state index in [2.05, 4.69) is 131 Å². The predicted octanol–water partition coefficient (Wildman–Crippen LogP) is 10.4. The highest BCUT2D eigenvalue weighted by atomic mass is 28.3. The molecule has 0 amide bonds. The monoisotopic (exact) mass is 604 g/mol. The molecule has 0 spiro atoms. The fraction of sp³-hybridized carbons (Fsp3) is 0.385. The molecule has 0 unspecified atom stereocenters. The van der Waals surface area contributed by atoms with Gasteiger partial charge in [-0.3, -0.25) is 4.98 Å². The molecule has 5 aromatic rings. The standard InChI is InChI=1S/C39H48N2O2Si/c1-37(2,3)26-19-24(18-25(20-26)32-17-16-28(23-40-32)44(10,11)12)29-14-13-15-33-34(29)41-36(43-33)30-21-27(38(4,5)6)22-31(35(30)42)39(7,8)9/h13-23,42H,1-12H3. The van der Waals surface area contributed by atoms with E-state index >= 15 is 0 Å². The van der Waals surface area contributed by atoms with Gasteiger partial charge in [-0.05, 0) is 68.5 Å². The van der Waals surface area contributed by atoms with Crippen molar-refractivity contribution in [1.82, 2.24) is 9.97 Å². The number of rotatable bonds is 4. The summed E-state index contributed by atoms with van der Waals surface area (Å²) in [6, 6.07) is 21.4. The Bertz CT molecular complexity index is 1840. The molecule has 0 saturated carbocycles. The highest BCUT2D eigenvalue weighted by molar-refractivity contribution is 6.88. The number of hydrogen-bond acceptors (Lipinski definition) is 4. The van der Waals surface area contributed by atoms with Crippen LogP contribution in [0.25, 0.3) is 44.9 Å². The van der Waals surface area contributed by atoms with Gasteiger partial charge in [-0.15, -0.1) is 0 Å². The Morgan fingerprint density at radius 1 is 0.682 bits per heavy atom. The van der Waals surface area contributed by atoms with E-state index in [-0.39, 0.29) is 22.0 Å². The molecule has 4 nitrogen and oxygen atoms in total. The summed E-state index contributed by atoms with van der Waals surface area (Å²) in [6.07, 6.45) is 2.06. The molecule has 2 aromatic heterocycles. The molecule has 0 radical (unpaired) electrons. The lowest BCUT2D eigenvalue weighted by Gasteiger charge is -2.27. The molecule has 0 saturated heterocycles. The van der Waals surface area contributed by atoms with Gasteiger partial charge >= 0.3 is 0 Å². The summed E-state index contributed by atoms with van der Waals surface area (Å²) in [7, 11) is -1.45. The average molecular weight is 605 g/mol. The number of fused-ring (bicyclic) bond motifs is 1. The Kier molecular flexibility index (Phi) is 7.73. The maximum absolute atomic E-state index is 11.5. The second-order valence-corrected chi connectivity index (χ2v) is 21.4. The van der Waals surface area contributed by atoms with Crippen molar-refractivity contribution in [3.8, 4) is 39.6 Å². The first-order valence-corrected chi connectivity index (χ1v) is 19.1. The van der Waals surface area contributed by atoms with Gasteiger partial charge < -0.3 is 9.52 Å². The van der Waals surface area contributed by atoms with Gasteiger partial charge in [0.2, 0.25) is 5.89 Å². The van der Waals surface area contributed by atoms with Crippen molar-refractivity contribution in [1.29, 1.82) is 0 Å². The summed E-state index contributed by atoms with van der Waals surface area (Å²) in [5, 5.41) is 12.9. The van der Waals surface area contributed by atoms with Crippen LogP contribution in [-0.2, 0) is 16.2 Å². The van der Waals surface area contributed by atoms with Gasteiger partial charge in [0.1, 0.15) is 11.3 Å². The third-order valence-corrected chi connectivity index (χ3v) is 10.5. The van der Waals surface area contributed by atoms with Gasteiger partial charge in [-0.2, -0.15) is 0 Å². The van der Waals surface area contributed by atoms with Crippen molar-refractivity contribution < 1.29 is 9.52 Å². The largest absolute Gasteiger partial charge is 0.507 e. The number of benzene rings is 3. The van der Waals surface area contributed by atoms with Gasteiger partial charge in [0.05, 0.1) is 19.3 Å².